The quantitative estimate of drug-likeness (QED) is 0.519. The number of aliphatic hydroxyl groups is 1. The van der Waals surface area contributed by atoms with Crippen LogP contribution >= 0.6 is 0 Å². The van der Waals surface area contributed by atoms with Crippen LogP contribution in [-0.2, 0) is 5.60 Å². The van der Waals surface area contributed by atoms with Gasteiger partial charge in [0.05, 0.1) is 0 Å². The molecule has 0 aliphatic rings. The summed E-state index contributed by atoms with van der Waals surface area (Å²) in [4.78, 5) is 0. The average molecular weight is 232 g/mol. The van der Waals surface area contributed by atoms with E-state index in [9.17, 15) is 5.11 Å². The first kappa shape index (κ1) is 14.0. The largest absolute Gasteiger partial charge is 0.381 e. The summed E-state index contributed by atoms with van der Waals surface area (Å²) in [5, 5.41) is 10.5. The molecule has 1 nitrogen and oxygen atoms in total. The van der Waals surface area contributed by atoms with Crippen molar-refractivity contribution in [3.63, 3.8) is 0 Å². The second kappa shape index (κ2) is 7.29. The van der Waals surface area contributed by atoms with Gasteiger partial charge in [0.2, 0.25) is 0 Å². The molecule has 1 aromatic carbocycles. The van der Waals surface area contributed by atoms with Gasteiger partial charge in [0, 0.05) is 0 Å². The molecule has 0 heterocycles. The molecule has 17 heavy (non-hydrogen) atoms. The van der Waals surface area contributed by atoms with E-state index in [1.807, 2.05) is 30.3 Å². The summed E-state index contributed by atoms with van der Waals surface area (Å²) in [6.07, 6.45) is 8.49. The van der Waals surface area contributed by atoms with E-state index in [1.165, 1.54) is 25.7 Å². The minimum absolute atomic E-state index is 0.768. The topological polar surface area (TPSA) is 20.2 Å². The molecular weight excluding hydrogens is 208 g/mol. The summed E-state index contributed by atoms with van der Waals surface area (Å²) < 4.78 is 0. The summed E-state index contributed by atoms with van der Waals surface area (Å²) in [6.45, 7) is 5.99. The molecule has 0 bridgehead atoms. The number of benzene rings is 1. The molecule has 0 saturated heterocycles. The van der Waals surface area contributed by atoms with Gasteiger partial charge >= 0.3 is 0 Å². The standard InChI is InChI=1S/C16H24O/c1-3-5-6-7-11-14-16(17,4-2)15-12-9-8-10-13-15/h4,8-10,12-13,17H,2-3,5-7,11,14H2,1H3. The van der Waals surface area contributed by atoms with Crippen molar-refractivity contribution in [3.8, 4) is 0 Å². The first-order valence-electron chi connectivity index (χ1n) is 6.64. The summed E-state index contributed by atoms with van der Waals surface area (Å²) in [5.74, 6) is 0. The molecule has 0 aromatic heterocycles. The van der Waals surface area contributed by atoms with Crippen LogP contribution in [0.2, 0.25) is 0 Å². The van der Waals surface area contributed by atoms with E-state index in [1.54, 1.807) is 6.08 Å². The Morgan fingerprint density at radius 3 is 2.35 bits per heavy atom. The predicted molar refractivity (Wildman–Crippen MR) is 73.9 cm³/mol. The van der Waals surface area contributed by atoms with Crippen LogP contribution in [0.5, 0.6) is 0 Å². The van der Waals surface area contributed by atoms with Gasteiger partial charge in [-0.05, 0) is 18.4 Å². The molecular formula is C16H24O. The van der Waals surface area contributed by atoms with Crippen LogP contribution in [0.1, 0.15) is 51.0 Å². The van der Waals surface area contributed by atoms with E-state index < -0.39 is 5.60 Å². The Morgan fingerprint density at radius 2 is 1.76 bits per heavy atom. The van der Waals surface area contributed by atoms with Crippen molar-refractivity contribution in [2.24, 2.45) is 0 Å². The maximum atomic E-state index is 10.5. The van der Waals surface area contributed by atoms with Gasteiger partial charge in [0.25, 0.3) is 0 Å². The third-order valence-corrected chi connectivity index (χ3v) is 3.27. The molecule has 1 N–H and O–H groups in total. The minimum Gasteiger partial charge on any atom is -0.381 e. The molecule has 0 aliphatic heterocycles. The van der Waals surface area contributed by atoms with E-state index in [4.69, 9.17) is 0 Å². The first-order valence-corrected chi connectivity index (χ1v) is 6.64. The Kier molecular flexibility index (Phi) is 5.99. The summed E-state index contributed by atoms with van der Waals surface area (Å²) >= 11 is 0. The fourth-order valence-electron chi connectivity index (χ4n) is 2.09. The van der Waals surface area contributed by atoms with E-state index in [-0.39, 0.29) is 0 Å². The molecule has 0 spiro atoms. The molecule has 0 saturated carbocycles. The first-order chi connectivity index (χ1) is 8.23. The zero-order valence-corrected chi connectivity index (χ0v) is 10.9. The maximum absolute atomic E-state index is 10.5. The van der Waals surface area contributed by atoms with Crippen molar-refractivity contribution in [2.45, 2.75) is 51.0 Å². The molecule has 0 fully saturated rings. The maximum Gasteiger partial charge on any atom is 0.107 e. The van der Waals surface area contributed by atoms with Crippen LogP contribution in [0.25, 0.3) is 0 Å². The number of unbranched alkanes of at least 4 members (excludes halogenated alkanes) is 4. The van der Waals surface area contributed by atoms with Crippen molar-refractivity contribution in [2.75, 3.05) is 0 Å². The van der Waals surface area contributed by atoms with Gasteiger partial charge in [-0.3, -0.25) is 0 Å². The van der Waals surface area contributed by atoms with Crippen LogP contribution in [0.3, 0.4) is 0 Å². The zero-order valence-electron chi connectivity index (χ0n) is 10.9. The van der Waals surface area contributed by atoms with Crippen molar-refractivity contribution in [3.05, 3.63) is 48.6 Å². The Morgan fingerprint density at radius 1 is 1.12 bits per heavy atom. The van der Waals surface area contributed by atoms with Crippen molar-refractivity contribution >= 4 is 0 Å². The van der Waals surface area contributed by atoms with Crippen LogP contribution in [0.15, 0.2) is 43.0 Å². The van der Waals surface area contributed by atoms with Crippen LogP contribution in [0, 0.1) is 0 Å². The highest BCUT2D eigenvalue weighted by Gasteiger charge is 2.24. The molecule has 1 heteroatoms. The summed E-state index contributed by atoms with van der Waals surface area (Å²) in [5.41, 5.74) is 0.0958. The fraction of sp³-hybridized carbons (Fsp3) is 0.500. The third kappa shape index (κ3) is 4.35. The molecule has 1 rings (SSSR count). The normalized spacial score (nSPS) is 14.2. The number of hydrogen-bond acceptors (Lipinski definition) is 1. The molecule has 0 amide bonds. The number of hydrogen-bond donors (Lipinski definition) is 1. The highest BCUT2D eigenvalue weighted by atomic mass is 16.3. The SMILES string of the molecule is C=CC(O)(CCCCCCC)c1ccccc1. The monoisotopic (exact) mass is 232 g/mol. The lowest BCUT2D eigenvalue weighted by Gasteiger charge is -2.24. The lowest BCUT2D eigenvalue weighted by molar-refractivity contribution is 0.0767. The second-order valence-corrected chi connectivity index (χ2v) is 4.66. The van der Waals surface area contributed by atoms with Crippen LogP contribution in [0.4, 0.5) is 0 Å². The smallest absolute Gasteiger partial charge is 0.107 e. The van der Waals surface area contributed by atoms with Gasteiger partial charge in [0.15, 0.2) is 0 Å². The van der Waals surface area contributed by atoms with Gasteiger partial charge in [-0.1, -0.05) is 75.6 Å². The van der Waals surface area contributed by atoms with Gasteiger partial charge in [-0.2, -0.15) is 0 Å². The highest BCUT2D eigenvalue weighted by molar-refractivity contribution is 5.26. The van der Waals surface area contributed by atoms with Gasteiger partial charge in [-0.15, -0.1) is 0 Å². The average Bonchev–Trinajstić information content (AvgIpc) is 2.39. The lowest BCUT2D eigenvalue weighted by atomic mass is 9.88. The van der Waals surface area contributed by atoms with Gasteiger partial charge in [0.1, 0.15) is 5.60 Å². The van der Waals surface area contributed by atoms with E-state index in [2.05, 4.69) is 13.5 Å². The Labute approximate surface area is 105 Å². The number of rotatable bonds is 8. The van der Waals surface area contributed by atoms with Crippen molar-refractivity contribution in [1.82, 2.24) is 0 Å². The van der Waals surface area contributed by atoms with E-state index >= 15 is 0 Å². The van der Waals surface area contributed by atoms with Gasteiger partial charge < -0.3 is 5.11 Å². The molecule has 1 unspecified atom stereocenters. The van der Waals surface area contributed by atoms with E-state index in [0.717, 1.165) is 18.4 Å². The fourth-order valence-corrected chi connectivity index (χ4v) is 2.09. The molecule has 0 aliphatic carbocycles. The van der Waals surface area contributed by atoms with Crippen molar-refractivity contribution < 1.29 is 5.11 Å². The molecule has 0 radical (unpaired) electrons. The summed E-state index contributed by atoms with van der Waals surface area (Å²) in [6, 6.07) is 9.82. The zero-order chi connectivity index (χ0) is 12.6. The molecule has 1 aromatic rings. The van der Waals surface area contributed by atoms with Crippen LogP contribution in [-0.4, -0.2) is 5.11 Å². The van der Waals surface area contributed by atoms with E-state index in [0.29, 0.717) is 0 Å². The molecule has 94 valence electrons. The van der Waals surface area contributed by atoms with Crippen LogP contribution < -0.4 is 0 Å². The van der Waals surface area contributed by atoms with Crippen molar-refractivity contribution in [1.29, 1.82) is 0 Å². The second-order valence-electron chi connectivity index (χ2n) is 4.66. The predicted octanol–water partition coefficient (Wildman–Crippen LogP) is 4.42. The highest BCUT2D eigenvalue weighted by Crippen LogP contribution is 2.28. The minimum atomic E-state index is -0.854. The Hall–Kier alpha value is -1.08. The Bertz CT molecular complexity index is 318. The lowest BCUT2D eigenvalue weighted by Crippen LogP contribution is -2.22. The Balaban J connectivity index is 2.49. The van der Waals surface area contributed by atoms with Gasteiger partial charge in [-0.25, -0.2) is 0 Å². The summed E-state index contributed by atoms with van der Waals surface area (Å²) in [7, 11) is 0. The third-order valence-electron chi connectivity index (χ3n) is 3.27. The molecule has 1 atom stereocenters.